The van der Waals surface area contributed by atoms with Crippen molar-refractivity contribution < 1.29 is 14.6 Å². The third-order valence-electron chi connectivity index (χ3n) is 2.10. The molecule has 1 aromatic heterocycles. The second-order valence-electron chi connectivity index (χ2n) is 3.01. The molecule has 1 rings (SSSR count). The van der Waals surface area contributed by atoms with Gasteiger partial charge in [0, 0.05) is 13.0 Å². The molecule has 84 valence electrons. The number of esters is 1. The molecule has 0 saturated carbocycles. The van der Waals surface area contributed by atoms with E-state index >= 15 is 0 Å². The maximum Gasteiger partial charge on any atom is 0.335 e. The van der Waals surface area contributed by atoms with Gasteiger partial charge < -0.3 is 14.4 Å². The number of aryl methyl sites for hydroxylation is 1. The number of hydrogen-bond acceptors (Lipinski definition) is 4. The Bertz CT molecular complexity index is 351. The van der Waals surface area contributed by atoms with Crippen molar-refractivity contribution in [2.24, 2.45) is 0 Å². The molecule has 0 amide bonds. The predicted molar refractivity (Wildman–Crippen MR) is 54.6 cm³/mol. The van der Waals surface area contributed by atoms with Crippen LogP contribution in [-0.2, 0) is 22.5 Å². The Labute approximate surface area is 92.6 Å². The van der Waals surface area contributed by atoms with Crippen LogP contribution >= 0.6 is 11.6 Å². The van der Waals surface area contributed by atoms with Gasteiger partial charge in [-0.25, -0.2) is 9.78 Å². The van der Waals surface area contributed by atoms with Gasteiger partial charge in [0.1, 0.15) is 5.15 Å². The number of halogens is 1. The van der Waals surface area contributed by atoms with Gasteiger partial charge in [-0.3, -0.25) is 0 Å². The van der Waals surface area contributed by atoms with Gasteiger partial charge in [-0.1, -0.05) is 11.6 Å². The number of rotatable bonds is 4. The van der Waals surface area contributed by atoms with Crippen molar-refractivity contribution >= 4 is 17.6 Å². The lowest BCUT2D eigenvalue weighted by Gasteiger charge is -2.10. The van der Waals surface area contributed by atoms with E-state index in [1.807, 2.05) is 6.92 Å². The molecule has 1 heterocycles. The Morgan fingerprint density at radius 1 is 1.80 bits per heavy atom. The van der Waals surface area contributed by atoms with Crippen LogP contribution in [0.15, 0.2) is 6.33 Å². The van der Waals surface area contributed by atoms with E-state index in [-0.39, 0.29) is 6.42 Å². The molecule has 1 atom stereocenters. The van der Waals surface area contributed by atoms with E-state index in [1.165, 1.54) is 7.11 Å². The van der Waals surface area contributed by atoms with Crippen molar-refractivity contribution in [2.75, 3.05) is 7.11 Å². The van der Waals surface area contributed by atoms with Gasteiger partial charge in [-0.15, -0.1) is 0 Å². The molecule has 0 aliphatic carbocycles. The molecule has 0 aliphatic heterocycles. The highest BCUT2D eigenvalue weighted by Gasteiger charge is 2.20. The molecule has 1 aromatic rings. The molecule has 1 unspecified atom stereocenters. The van der Waals surface area contributed by atoms with E-state index in [1.54, 1.807) is 10.9 Å². The highest BCUT2D eigenvalue weighted by Crippen LogP contribution is 2.16. The second-order valence-corrected chi connectivity index (χ2v) is 3.37. The van der Waals surface area contributed by atoms with E-state index in [0.29, 0.717) is 17.4 Å². The first-order valence-electron chi connectivity index (χ1n) is 4.55. The molecular formula is C9H13ClN2O3. The van der Waals surface area contributed by atoms with E-state index in [0.717, 1.165) is 0 Å². The van der Waals surface area contributed by atoms with Crippen LogP contribution in [0.1, 0.15) is 12.6 Å². The van der Waals surface area contributed by atoms with Gasteiger partial charge in [0.05, 0.1) is 19.1 Å². The zero-order valence-corrected chi connectivity index (χ0v) is 9.36. The summed E-state index contributed by atoms with van der Waals surface area (Å²) < 4.78 is 6.18. The number of aliphatic hydroxyl groups is 1. The number of aromatic nitrogens is 2. The maximum absolute atomic E-state index is 11.0. The summed E-state index contributed by atoms with van der Waals surface area (Å²) >= 11 is 5.82. The van der Waals surface area contributed by atoms with Crippen LogP contribution in [0.5, 0.6) is 0 Å². The van der Waals surface area contributed by atoms with Crippen molar-refractivity contribution in [3.8, 4) is 0 Å². The topological polar surface area (TPSA) is 64.3 Å². The number of aliphatic hydroxyl groups excluding tert-OH is 1. The first-order chi connectivity index (χ1) is 7.10. The molecule has 0 bridgehead atoms. The highest BCUT2D eigenvalue weighted by molar-refractivity contribution is 6.30. The molecular weight excluding hydrogens is 220 g/mol. The van der Waals surface area contributed by atoms with E-state index in [4.69, 9.17) is 11.6 Å². The van der Waals surface area contributed by atoms with E-state index in [9.17, 15) is 9.90 Å². The van der Waals surface area contributed by atoms with Crippen molar-refractivity contribution in [2.45, 2.75) is 26.0 Å². The Balaban J connectivity index is 2.79. The van der Waals surface area contributed by atoms with E-state index in [2.05, 4.69) is 9.72 Å². The van der Waals surface area contributed by atoms with Crippen LogP contribution in [0.4, 0.5) is 0 Å². The molecule has 0 aromatic carbocycles. The number of imidazole rings is 1. The largest absolute Gasteiger partial charge is 0.467 e. The molecule has 15 heavy (non-hydrogen) atoms. The number of ether oxygens (including phenoxy) is 1. The van der Waals surface area contributed by atoms with Gasteiger partial charge >= 0.3 is 5.97 Å². The minimum atomic E-state index is -1.20. The fourth-order valence-electron chi connectivity index (χ4n) is 1.26. The summed E-state index contributed by atoms with van der Waals surface area (Å²) in [6, 6.07) is 0. The Morgan fingerprint density at radius 2 is 2.47 bits per heavy atom. The Kier molecular flexibility index (Phi) is 4.11. The van der Waals surface area contributed by atoms with Crippen LogP contribution in [0, 0.1) is 0 Å². The summed E-state index contributed by atoms with van der Waals surface area (Å²) in [5.41, 5.74) is 0.636. The van der Waals surface area contributed by atoms with Crippen LogP contribution in [0.3, 0.4) is 0 Å². The van der Waals surface area contributed by atoms with Crippen molar-refractivity contribution in [3.05, 3.63) is 17.2 Å². The third kappa shape index (κ3) is 2.70. The average Bonchev–Trinajstić information content (AvgIpc) is 2.59. The molecule has 1 N–H and O–H groups in total. The van der Waals surface area contributed by atoms with Gasteiger partial charge in [-0.2, -0.15) is 0 Å². The summed E-state index contributed by atoms with van der Waals surface area (Å²) in [6.45, 7) is 2.61. The third-order valence-corrected chi connectivity index (χ3v) is 2.41. The van der Waals surface area contributed by atoms with Crippen LogP contribution in [-0.4, -0.2) is 33.8 Å². The lowest BCUT2D eigenvalue weighted by Crippen LogP contribution is -2.25. The van der Waals surface area contributed by atoms with E-state index < -0.39 is 12.1 Å². The molecule has 0 saturated heterocycles. The fraction of sp³-hybridized carbons (Fsp3) is 0.556. The molecule has 5 nitrogen and oxygen atoms in total. The number of methoxy groups -OCH3 is 1. The maximum atomic E-state index is 11.0. The molecule has 0 fully saturated rings. The summed E-state index contributed by atoms with van der Waals surface area (Å²) in [7, 11) is 1.23. The molecule has 6 heteroatoms. The van der Waals surface area contributed by atoms with Gasteiger partial charge in [0.25, 0.3) is 0 Å². The predicted octanol–water partition coefficient (Wildman–Crippen LogP) is 0.633. The average molecular weight is 233 g/mol. The van der Waals surface area contributed by atoms with Crippen LogP contribution in [0.25, 0.3) is 0 Å². The SMILES string of the molecule is CCn1cnc(Cl)c1CC(O)C(=O)OC. The standard InChI is InChI=1S/C9H13ClN2O3/c1-3-12-5-11-8(10)6(12)4-7(13)9(14)15-2/h5,7,13H,3-4H2,1-2H3. The summed E-state index contributed by atoms with van der Waals surface area (Å²) in [4.78, 5) is 14.9. The summed E-state index contributed by atoms with van der Waals surface area (Å²) in [5, 5.41) is 9.76. The molecule has 0 radical (unpaired) electrons. The number of carbonyl (C=O) groups is 1. The molecule has 0 spiro atoms. The second kappa shape index (κ2) is 5.14. The number of hydrogen-bond donors (Lipinski definition) is 1. The highest BCUT2D eigenvalue weighted by atomic mass is 35.5. The minimum absolute atomic E-state index is 0.110. The number of nitrogens with zero attached hydrogens (tertiary/aromatic N) is 2. The van der Waals surface area contributed by atoms with Gasteiger partial charge in [0.2, 0.25) is 0 Å². The summed E-state index contributed by atoms with van der Waals surface area (Å²) in [5.74, 6) is -0.671. The monoisotopic (exact) mass is 232 g/mol. The van der Waals surface area contributed by atoms with Crippen LogP contribution in [0.2, 0.25) is 5.15 Å². The first-order valence-corrected chi connectivity index (χ1v) is 4.93. The number of carbonyl (C=O) groups excluding carboxylic acids is 1. The Morgan fingerprint density at radius 3 is 3.00 bits per heavy atom. The van der Waals surface area contributed by atoms with Crippen molar-refractivity contribution in [1.29, 1.82) is 0 Å². The zero-order chi connectivity index (χ0) is 11.4. The fourth-order valence-corrected chi connectivity index (χ4v) is 1.49. The van der Waals surface area contributed by atoms with Crippen LogP contribution < -0.4 is 0 Å². The van der Waals surface area contributed by atoms with Gasteiger partial charge in [0.15, 0.2) is 6.10 Å². The normalized spacial score (nSPS) is 12.5. The summed E-state index contributed by atoms with van der Waals surface area (Å²) in [6.07, 6.45) is 0.482. The van der Waals surface area contributed by atoms with Gasteiger partial charge in [-0.05, 0) is 6.92 Å². The molecule has 0 aliphatic rings. The Hall–Kier alpha value is -1.07. The smallest absolute Gasteiger partial charge is 0.335 e. The lowest BCUT2D eigenvalue weighted by molar-refractivity contribution is -0.150. The minimum Gasteiger partial charge on any atom is -0.467 e. The first kappa shape index (κ1) is 12.0. The van der Waals surface area contributed by atoms with Crippen molar-refractivity contribution in [1.82, 2.24) is 9.55 Å². The quantitative estimate of drug-likeness (QED) is 0.774. The zero-order valence-electron chi connectivity index (χ0n) is 8.61. The lowest BCUT2D eigenvalue weighted by atomic mass is 10.2. The van der Waals surface area contributed by atoms with Crippen molar-refractivity contribution in [3.63, 3.8) is 0 Å².